The number of amides is 2. The molecule has 5 heteroatoms. The zero-order valence-corrected chi connectivity index (χ0v) is 13.1. The maximum atomic E-state index is 12.5. The van der Waals surface area contributed by atoms with Gasteiger partial charge in [-0.2, -0.15) is 0 Å². The van der Waals surface area contributed by atoms with E-state index in [4.69, 9.17) is 11.6 Å². The summed E-state index contributed by atoms with van der Waals surface area (Å²) >= 11 is 5.94. The lowest BCUT2D eigenvalue weighted by Gasteiger charge is -2.37. The van der Waals surface area contributed by atoms with E-state index in [0.717, 1.165) is 32.1 Å². The molecule has 1 aliphatic rings. The average molecular weight is 311 g/mol. The third kappa shape index (κ3) is 4.35. The van der Waals surface area contributed by atoms with Gasteiger partial charge >= 0.3 is 6.03 Å². The Morgan fingerprint density at radius 3 is 2.86 bits per heavy atom. The number of carbonyl (C=O) groups is 1. The first-order valence-electron chi connectivity index (χ1n) is 7.63. The molecular weight excluding hydrogens is 288 g/mol. The highest BCUT2D eigenvalue weighted by atomic mass is 35.5. The van der Waals surface area contributed by atoms with Crippen molar-refractivity contribution in [2.24, 2.45) is 0 Å². The largest absolute Gasteiger partial charge is 0.391 e. The van der Waals surface area contributed by atoms with Crippen LogP contribution in [0, 0.1) is 0 Å². The fourth-order valence-electron chi connectivity index (χ4n) is 2.88. The molecule has 0 aromatic heterocycles. The smallest absolute Gasteiger partial charge is 0.322 e. The molecule has 1 aromatic carbocycles. The summed E-state index contributed by atoms with van der Waals surface area (Å²) in [4.78, 5) is 14.3. The lowest BCUT2D eigenvalue weighted by atomic mass is 9.91. The van der Waals surface area contributed by atoms with Crippen LogP contribution in [0.3, 0.4) is 0 Å². The minimum absolute atomic E-state index is 0.0853. The van der Waals surface area contributed by atoms with Gasteiger partial charge in [-0.15, -0.1) is 0 Å². The van der Waals surface area contributed by atoms with Gasteiger partial charge in [0.15, 0.2) is 0 Å². The van der Waals surface area contributed by atoms with Crippen LogP contribution in [-0.4, -0.2) is 34.7 Å². The number of rotatable bonds is 4. The molecule has 0 aliphatic heterocycles. The van der Waals surface area contributed by atoms with Crippen LogP contribution in [0.25, 0.3) is 0 Å². The SMILES string of the molecule is CCCN(C(=O)Nc1cccc(Cl)c1)[C@H]1CCCC[C@H]1O. The average Bonchev–Trinajstić information content (AvgIpc) is 2.45. The van der Waals surface area contributed by atoms with E-state index in [1.165, 1.54) is 0 Å². The number of nitrogens with zero attached hydrogens (tertiary/aromatic N) is 1. The summed E-state index contributed by atoms with van der Waals surface area (Å²) in [5.74, 6) is 0. The molecule has 1 fully saturated rings. The number of urea groups is 1. The second-order valence-corrected chi connectivity index (χ2v) is 5.99. The van der Waals surface area contributed by atoms with E-state index in [-0.39, 0.29) is 12.1 Å². The summed E-state index contributed by atoms with van der Waals surface area (Å²) < 4.78 is 0. The van der Waals surface area contributed by atoms with Gasteiger partial charge in [-0.1, -0.05) is 37.4 Å². The third-order valence-electron chi connectivity index (χ3n) is 3.90. The number of carbonyl (C=O) groups excluding carboxylic acids is 1. The zero-order valence-electron chi connectivity index (χ0n) is 12.4. The van der Waals surface area contributed by atoms with E-state index < -0.39 is 6.10 Å². The van der Waals surface area contributed by atoms with Crippen molar-refractivity contribution >= 4 is 23.3 Å². The molecule has 2 atom stereocenters. The quantitative estimate of drug-likeness (QED) is 0.886. The van der Waals surface area contributed by atoms with E-state index in [2.05, 4.69) is 5.32 Å². The number of halogens is 1. The summed E-state index contributed by atoms with van der Waals surface area (Å²) in [5, 5.41) is 13.6. The Balaban J connectivity index is 2.07. The van der Waals surface area contributed by atoms with Gasteiger partial charge in [-0.25, -0.2) is 4.79 Å². The summed E-state index contributed by atoms with van der Waals surface area (Å²) in [7, 11) is 0. The van der Waals surface area contributed by atoms with E-state index in [1.807, 2.05) is 13.0 Å². The molecule has 1 aliphatic carbocycles. The molecule has 0 heterocycles. The Bertz CT molecular complexity index is 481. The Hall–Kier alpha value is -1.26. The Morgan fingerprint density at radius 2 is 2.19 bits per heavy atom. The third-order valence-corrected chi connectivity index (χ3v) is 4.13. The maximum Gasteiger partial charge on any atom is 0.322 e. The van der Waals surface area contributed by atoms with Gasteiger partial charge in [0.05, 0.1) is 12.1 Å². The first-order chi connectivity index (χ1) is 10.1. The van der Waals surface area contributed by atoms with Crippen molar-refractivity contribution in [2.45, 2.75) is 51.2 Å². The normalized spacial score (nSPS) is 21.9. The molecule has 2 N–H and O–H groups in total. The summed E-state index contributed by atoms with van der Waals surface area (Å²) in [6, 6.07) is 6.86. The van der Waals surface area contributed by atoms with E-state index >= 15 is 0 Å². The summed E-state index contributed by atoms with van der Waals surface area (Å²) in [6.07, 6.45) is 4.18. The number of hydrogen-bond acceptors (Lipinski definition) is 2. The van der Waals surface area contributed by atoms with Gasteiger partial charge in [0.1, 0.15) is 0 Å². The van der Waals surface area contributed by atoms with Crippen LogP contribution >= 0.6 is 11.6 Å². The number of aliphatic hydroxyl groups is 1. The first-order valence-corrected chi connectivity index (χ1v) is 8.01. The predicted molar refractivity (Wildman–Crippen MR) is 85.7 cm³/mol. The molecule has 1 saturated carbocycles. The van der Waals surface area contributed by atoms with Crippen LogP contribution in [0.4, 0.5) is 10.5 Å². The van der Waals surface area contributed by atoms with Gasteiger partial charge < -0.3 is 15.3 Å². The molecule has 0 unspecified atom stereocenters. The van der Waals surface area contributed by atoms with Gasteiger partial charge in [0.25, 0.3) is 0 Å². The fourth-order valence-corrected chi connectivity index (χ4v) is 3.07. The number of anilines is 1. The molecule has 1 aromatic rings. The fraction of sp³-hybridized carbons (Fsp3) is 0.562. The van der Waals surface area contributed by atoms with E-state index in [0.29, 0.717) is 17.3 Å². The Labute approximate surface area is 131 Å². The molecule has 21 heavy (non-hydrogen) atoms. The highest BCUT2D eigenvalue weighted by Crippen LogP contribution is 2.24. The molecule has 0 spiro atoms. The Morgan fingerprint density at radius 1 is 1.43 bits per heavy atom. The van der Waals surface area contributed by atoms with Crippen molar-refractivity contribution < 1.29 is 9.90 Å². The number of nitrogens with one attached hydrogen (secondary N) is 1. The topological polar surface area (TPSA) is 52.6 Å². The molecule has 116 valence electrons. The van der Waals surface area contributed by atoms with Crippen LogP contribution in [-0.2, 0) is 0 Å². The predicted octanol–water partition coefficient (Wildman–Crippen LogP) is 3.89. The summed E-state index contributed by atoms with van der Waals surface area (Å²) in [5.41, 5.74) is 0.680. The van der Waals surface area contributed by atoms with Crippen LogP contribution in [0.5, 0.6) is 0 Å². The second kappa shape index (κ2) is 7.66. The van der Waals surface area contributed by atoms with Crippen LogP contribution in [0.1, 0.15) is 39.0 Å². The molecule has 4 nitrogen and oxygen atoms in total. The second-order valence-electron chi connectivity index (χ2n) is 5.55. The molecule has 0 radical (unpaired) electrons. The van der Waals surface area contributed by atoms with Crippen molar-refractivity contribution in [3.8, 4) is 0 Å². The van der Waals surface area contributed by atoms with Crippen molar-refractivity contribution in [1.29, 1.82) is 0 Å². The minimum Gasteiger partial charge on any atom is -0.391 e. The van der Waals surface area contributed by atoms with Crippen molar-refractivity contribution in [2.75, 3.05) is 11.9 Å². The highest BCUT2D eigenvalue weighted by Gasteiger charge is 2.31. The van der Waals surface area contributed by atoms with Crippen molar-refractivity contribution in [3.05, 3.63) is 29.3 Å². The van der Waals surface area contributed by atoms with Crippen molar-refractivity contribution in [1.82, 2.24) is 4.90 Å². The minimum atomic E-state index is -0.421. The monoisotopic (exact) mass is 310 g/mol. The van der Waals surface area contributed by atoms with Gasteiger partial charge in [0.2, 0.25) is 0 Å². The number of aliphatic hydroxyl groups excluding tert-OH is 1. The van der Waals surface area contributed by atoms with Gasteiger partial charge in [-0.05, 0) is 37.5 Å². The van der Waals surface area contributed by atoms with Gasteiger partial charge in [-0.3, -0.25) is 0 Å². The Kier molecular flexibility index (Phi) is 5.88. The highest BCUT2D eigenvalue weighted by molar-refractivity contribution is 6.30. The number of benzene rings is 1. The lowest BCUT2D eigenvalue weighted by Crippen LogP contribution is -2.50. The number of hydrogen-bond donors (Lipinski definition) is 2. The van der Waals surface area contributed by atoms with E-state index in [1.54, 1.807) is 23.1 Å². The summed E-state index contributed by atoms with van der Waals surface area (Å²) in [6.45, 7) is 2.68. The van der Waals surface area contributed by atoms with Crippen LogP contribution in [0.15, 0.2) is 24.3 Å². The van der Waals surface area contributed by atoms with Crippen molar-refractivity contribution in [3.63, 3.8) is 0 Å². The van der Waals surface area contributed by atoms with Gasteiger partial charge in [0, 0.05) is 17.3 Å². The molecule has 0 bridgehead atoms. The zero-order chi connectivity index (χ0) is 15.2. The lowest BCUT2D eigenvalue weighted by molar-refractivity contribution is 0.0397. The van der Waals surface area contributed by atoms with E-state index in [9.17, 15) is 9.90 Å². The molecule has 0 saturated heterocycles. The molecule has 2 rings (SSSR count). The standard InChI is InChI=1S/C16H23ClN2O2/c1-2-10-19(14-8-3-4-9-15(14)20)16(21)18-13-7-5-6-12(17)11-13/h5-7,11,14-15,20H,2-4,8-10H2,1H3,(H,18,21)/t14-,15+/m0/s1. The first kappa shape index (κ1) is 16.1. The van der Waals surface area contributed by atoms with Crippen LogP contribution < -0.4 is 5.32 Å². The molecular formula is C16H23ClN2O2. The maximum absolute atomic E-state index is 12.5. The molecule has 2 amide bonds. The van der Waals surface area contributed by atoms with Crippen LogP contribution in [0.2, 0.25) is 5.02 Å².